The molecule has 2 aromatic rings. The average Bonchev–Trinajstić information content (AvgIpc) is 3.23. The second kappa shape index (κ2) is 5.59. The monoisotopic (exact) mass is 272 g/mol. The van der Waals surface area contributed by atoms with Crippen molar-refractivity contribution >= 4 is 0 Å². The number of nitrogens with zero attached hydrogens (tertiary/aromatic N) is 1. The van der Waals surface area contributed by atoms with E-state index < -0.39 is 0 Å². The molecule has 0 spiro atoms. The summed E-state index contributed by atoms with van der Waals surface area (Å²) in [5.41, 5.74) is 2.07. The van der Waals surface area contributed by atoms with Crippen LogP contribution in [0.2, 0.25) is 0 Å². The van der Waals surface area contributed by atoms with Crippen molar-refractivity contribution < 1.29 is 9.13 Å². The van der Waals surface area contributed by atoms with E-state index in [1.54, 1.807) is 12.1 Å². The van der Waals surface area contributed by atoms with E-state index in [9.17, 15) is 4.39 Å². The van der Waals surface area contributed by atoms with Crippen LogP contribution in [0.3, 0.4) is 0 Å². The molecule has 0 atom stereocenters. The van der Waals surface area contributed by atoms with Gasteiger partial charge in [0.05, 0.1) is 0 Å². The van der Waals surface area contributed by atoms with Crippen molar-refractivity contribution in [3.63, 3.8) is 0 Å². The van der Waals surface area contributed by atoms with E-state index in [2.05, 4.69) is 10.3 Å². The first-order valence-corrected chi connectivity index (χ1v) is 6.83. The number of hydrogen-bond acceptors (Lipinski definition) is 3. The van der Waals surface area contributed by atoms with Crippen molar-refractivity contribution in [2.75, 3.05) is 0 Å². The number of hydrogen-bond donors (Lipinski definition) is 1. The lowest BCUT2D eigenvalue weighted by Gasteiger charge is -2.09. The van der Waals surface area contributed by atoms with Crippen LogP contribution in [0, 0.1) is 12.7 Å². The first-order chi connectivity index (χ1) is 9.69. The van der Waals surface area contributed by atoms with Gasteiger partial charge in [0.25, 0.3) is 0 Å². The highest BCUT2D eigenvalue weighted by Gasteiger charge is 2.20. The molecule has 0 amide bonds. The molecule has 0 unspecified atom stereocenters. The zero-order chi connectivity index (χ0) is 13.9. The minimum absolute atomic E-state index is 0.274. The van der Waals surface area contributed by atoms with Crippen LogP contribution in [0.1, 0.15) is 24.1 Å². The summed E-state index contributed by atoms with van der Waals surface area (Å²) in [5.74, 6) is 0.860. The molecule has 104 valence electrons. The van der Waals surface area contributed by atoms with Crippen LogP contribution in [-0.4, -0.2) is 11.0 Å². The predicted octanol–water partition coefficient (Wildman–Crippen LogP) is 3.57. The van der Waals surface area contributed by atoms with Crippen molar-refractivity contribution in [1.29, 1.82) is 0 Å². The van der Waals surface area contributed by atoms with Crippen LogP contribution in [-0.2, 0) is 6.54 Å². The van der Waals surface area contributed by atoms with Crippen LogP contribution in [0.25, 0.3) is 0 Å². The lowest BCUT2D eigenvalue weighted by atomic mass is 10.2. The summed E-state index contributed by atoms with van der Waals surface area (Å²) in [5, 5.41) is 3.47. The van der Waals surface area contributed by atoms with Crippen LogP contribution < -0.4 is 10.1 Å². The Balaban J connectivity index is 1.72. The van der Waals surface area contributed by atoms with E-state index >= 15 is 0 Å². The lowest BCUT2D eigenvalue weighted by molar-refractivity contribution is 0.458. The van der Waals surface area contributed by atoms with Gasteiger partial charge in [-0.2, -0.15) is 0 Å². The van der Waals surface area contributed by atoms with Crippen molar-refractivity contribution in [2.24, 2.45) is 0 Å². The van der Waals surface area contributed by atoms with Gasteiger partial charge in [-0.1, -0.05) is 0 Å². The number of pyridine rings is 1. The summed E-state index contributed by atoms with van der Waals surface area (Å²) < 4.78 is 18.5. The summed E-state index contributed by atoms with van der Waals surface area (Å²) in [6.07, 6.45) is 2.53. The number of nitrogens with one attached hydrogen (secondary N) is 1. The molecule has 3 nitrogen and oxygen atoms in total. The maximum Gasteiger partial charge on any atom is 0.219 e. The van der Waals surface area contributed by atoms with Crippen LogP contribution >= 0.6 is 0 Å². The van der Waals surface area contributed by atoms with Crippen LogP contribution in [0.5, 0.6) is 11.6 Å². The fraction of sp³-hybridized carbons (Fsp3) is 0.312. The Morgan fingerprint density at radius 3 is 2.70 bits per heavy atom. The van der Waals surface area contributed by atoms with Crippen molar-refractivity contribution in [1.82, 2.24) is 10.3 Å². The minimum Gasteiger partial charge on any atom is -0.439 e. The van der Waals surface area contributed by atoms with E-state index in [1.807, 2.05) is 19.1 Å². The smallest absolute Gasteiger partial charge is 0.219 e. The second-order valence-electron chi connectivity index (χ2n) is 5.17. The molecule has 0 bridgehead atoms. The Kier molecular flexibility index (Phi) is 3.65. The van der Waals surface area contributed by atoms with Gasteiger partial charge < -0.3 is 10.1 Å². The molecule has 4 heteroatoms. The largest absolute Gasteiger partial charge is 0.439 e. The van der Waals surface area contributed by atoms with E-state index in [4.69, 9.17) is 4.74 Å². The van der Waals surface area contributed by atoms with Gasteiger partial charge in [0, 0.05) is 24.3 Å². The number of aromatic nitrogens is 1. The maximum absolute atomic E-state index is 12.9. The van der Waals surface area contributed by atoms with Gasteiger partial charge in [0.15, 0.2) is 0 Å². The summed E-state index contributed by atoms with van der Waals surface area (Å²) in [6.45, 7) is 2.77. The first kappa shape index (κ1) is 13.1. The Morgan fingerprint density at radius 1 is 1.25 bits per heavy atom. The highest BCUT2D eigenvalue weighted by molar-refractivity contribution is 5.30. The van der Waals surface area contributed by atoms with Gasteiger partial charge in [-0.3, -0.25) is 0 Å². The molecule has 1 fully saturated rings. The molecule has 0 radical (unpaired) electrons. The lowest BCUT2D eigenvalue weighted by Crippen LogP contribution is -2.15. The average molecular weight is 272 g/mol. The third kappa shape index (κ3) is 3.54. The van der Waals surface area contributed by atoms with Gasteiger partial charge in [-0.25, -0.2) is 9.37 Å². The molecular weight excluding hydrogens is 255 g/mol. The second-order valence-corrected chi connectivity index (χ2v) is 5.17. The molecule has 1 aliphatic carbocycles. The molecule has 0 aliphatic heterocycles. The Bertz CT molecular complexity index is 594. The molecule has 3 rings (SSSR count). The molecule has 1 saturated carbocycles. The third-order valence-corrected chi connectivity index (χ3v) is 3.20. The summed E-state index contributed by atoms with van der Waals surface area (Å²) in [7, 11) is 0. The van der Waals surface area contributed by atoms with Gasteiger partial charge in [0.1, 0.15) is 11.6 Å². The fourth-order valence-corrected chi connectivity index (χ4v) is 2.03. The molecular formula is C16H17FN2O. The number of halogens is 1. The molecule has 1 heterocycles. The zero-order valence-electron chi connectivity index (χ0n) is 11.4. The molecule has 1 aromatic heterocycles. The third-order valence-electron chi connectivity index (χ3n) is 3.20. The number of rotatable bonds is 5. The van der Waals surface area contributed by atoms with Crippen LogP contribution in [0.15, 0.2) is 36.4 Å². The van der Waals surface area contributed by atoms with Crippen LogP contribution in [0.4, 0.5) is 4.39 Å². The van der Waals surface area contributed by atoms with Gasteiger partial charge in [-0.05, 0) is 55.7 Å². The highest BCUT2D eigenvalue weighted by atomic mass is 19.1. The van der Waals surface area contributed by atoms with E-state index in [0.717, 1.165) is 17.8 Å². The highest BCUT2D eigenvalue weighted by Crippen LogP contribution is 2.23. The van der Waals surface area contributed by atoms with Gasteiger partial charge in [0.2, 0.25) is 5.88 Å². The fourth-order valence-electron chi connectivity index (χ4n) is 2.03. The first-order valence-electron chi connectivity index (χ1n) is 6.83. The van der Waals surface area contributed by atoms with Gasteiger partial charge in [-0.15, -0.1) is 0 Å². The molecule has 1 N–H and O–H groups in total. The number of aryl methyl sites for hydroxylation is 1. The summed E-state index contributed by atoms with van der Waals surface area (Å²) in [6, 6.07) is 10.6. The quantitative estimate of drug-likeness (QED) is 0.903. The standard InChI is InChI=1S/C16H17FN2O/c1-11-8-12(10-18-14-4-5-14)9-16(19-11)20-15-6-2-13(17)3-7-15/h2-3,6-9,14,18H,4-5,10H2,1H3. The van der Waals surface area contributed by atoms with Crippen molar-refractivity contribution in [2.45, 2.75) is 32.4 Å². The summed E-state index contributed by atoms with van der Waals surface area (Å²) in [4.78, 5) is 4.35. The number of ether oxygens (including phenoxy) is 1. The van der Waals surface area contributed by atoms with E-state index in [-0.39, 0.29) is 5.82 Å². The molecule has 1 aromatic carbocycles. The minimum atomic E-state index is -0.274. The normalized spacial score (nSPS) is 14.3. The molecule has 20 heavy (non-hydrogen) atoms. The van der Waals surface area contributed by atoms with E-state index in [0.29, 0.717) is 17.7 Å². The maximum atomic E-state index is 12.9. The van der Waals surface area contributed by atoms with Crippen molar-refractivity contribution in [3.05, 3.63) is 53.5 Å². The van der Waals surface area contributed by atoms with E-state index in [1.165, 1.54) is 25.0 Å². The SMILES string of the molecule is Cc1cc(CNC2CC2)cc(Oc2ccc(F)cc2)n1. The Hall–Kier alpha value is -1.94. The topological polar surface area (TPSA) is 34.1 Å². The number of benzene rings is 1. The van der Waals surface area contributed by atoms with Gasteiger partial charge >= 0.3 is 0 Å². The van der Waals surface area contributed by atoms with Crippen molar-refractivity contribution in [3.8, 4) is 11.6 Å². The predicted molar refractivity (Wildman–Crippen MR) is 75.3 cm³/mol. The summed E-state index contributed by atoms with van der Waals surface area (Å²) >= 11 is 0. The molecule has 0 saturated heterocycles. The Labute approximate surface area is 117 Å². The Morgan fingerprint density at radius 2 is 2.00 bits per heavy atom. The molecule has 1 aliphatic rings. The zero-order valence-corrected chi connectivity index (χ0v) is 11.4.